The van der Waals surface area contributed by atoms with E-state index in [-0.39, 0.29) is 41.6 Å². The van der Waals surface area contributed by atoms with Crippen LogP contribution in [0.4, 0.5) is 13.6 Å². The van der Waals surface area contributed by atoms with E-state index < -0.39 is 23.8 Å². The van der Waals surface area contributed by atoms with Crippen molar-refractivity contribution in [2.24, 2.45) is 5.92 Å². The molecule has 3 heterocycles. The van der Waals surface area contributed by atoms with Gasteiger partial charge in [0.15, 0.2) is 0 Å². The number of halogens is 4. The van der Waals surface area contributed by atoms with E-state index >= 15 is 0 Å². The Morgan fingerprint density at radius 3 is 2.24 bits per heavy atom. The van der Waals surface area contributed by atoms with Crippen molar-refractivity contribution in [3.05, 3.63) is 93.7 Å². The number of likely N-dealkylation sites (N-methyl/N-ethyl adjacent to an activating group) is 1. The van der Waals surface area contributed by atoms with Crippen molar-refractivity contribution in [1.29, 1.82) is 0 Å². The molecule has 2 aromatic carbocycles. The lowest BCUT2D eigenvalue weighted by Gasteiger charge is -2.33. The summed E-state index contributed by atoms with van der Waals surface area (Å²) >= 11 is 12.5. The standard InChI is InChI=1S/C30H28Cl2F2N4O4/c1-36(30(41)42-22-6-3-20(33)4-7-22)27-17-38(16-23(27)19-2-8-24(31)25(32)14-19)28(39)18-10-12-37(13-11-18)29(40)26-9-5-21(34)15-35-26/h2-9,14-15,18,23,27H,10-13,16-17H2,1H3/t23-,27+/m0/s1. The number of hydrogen-bond donors (Lipinski definition) is 0. The highest BCUT2D eigenvalue weighted by molar-refractivity contribution is 6.42. The zero-order chi connectivity index (χ0) is 30.0. The van der Waals surface area contributed by atoms with Gasteiger partial charge in [-0.1, -0.05) is 29.3 Å². The average Bonchev–Trinajstić information content (AvgIpc) is 3.44. The molecule has 1 aromatic heterocycles. The molecule has 2 fully saturated rings. The number of ether oxygens (including phenoxy) is 1. The second-order valence-electron chi connectivity index (χ2n) is 10.5. The normalized spacial score (nSPS) is 19.1. The number of aromatic nitrogens is 1. The molecule has 0 bridgehead atoms. The summed E-state index contributed by atoms with van der Waals surface area (Å²) in [5.41, 5.74) is 0.974. The molecule has 220 valence electrons. The van der Waals surface area contributed by atoms with Gasteiger partial charge in [0.2, 0.25) is 5.91 Å². The maximum absolute atomic E-state index is 13.7. The fraction of sp³-hybridized carbons (Fsp3) is 0.333. The molecule has 0 saturated carbocycles. The average molecular weight is 617 g/mol. The summed E-state index contributed by atoms with van der Waals surface area (Å²) in [5, 5.41) is 0.756. The largest absolute Gasteiger partial charge is 0.415 e. The van der Waals surface area contributed by atoms with Gasteiger partial charge in [-0.3, -0.25) is 9.59 Å². The van der Waals surface area contributed by atoms with Gasteiger partial charge >= 0.3 is 6.09 Å². The van der Waals surface area contributed by atoms with Crippen LogP contribution in [0.1, 0.15) is 34.8 Å². The summed E-state index contributed by atoms with van der Waals surface area (Å²) in [4.78, 5) is 48.2. The van der Waals surface area contributed by atoms with Crippen LogP contribution in [0.25, 0.3) is 0 Å². The van der Waals surface area contributed by atoms with Crippen LogP contribution in [0.15, 0.2) is 60.8 Å². The van der Waals surface area contributed by atoms with Crippen LogP contribution in [0.3, 0.4) is 0 Å². The van der Waals surface area contributed by atoms with Crippen LogP contribution in [0.5, 0.6) is 5.75 Å². The molecule has 0 aliphatic carbocycles. The summed E-state index contributed by atoms with van der Waals surface area (Å²) < 4.78 is 32.0. The van der Waals surface area contributed by atoms with Gasteiger partial charge in [0.05, 0.1) is 22.3 Å². The minimum Gasteiger partial charge on any atom is -0.410 e. The number of carbonyl (C=O) groups is 3. The van der Waals surface area contributed by atoms with E-state index in [4.69, 9.17) is 27.9 Å². The van der Waals surface area contributed by atoms with Crippen LogP contribution in [0, 0.1) is 17.6 Å². The Kier molecular flexibility index (Phi) is 8.93. The molecule has 3 amide bonds. The molecule has 12 heteroatoms. The quantitative estimate of drug-likeness (QED) is 0.370. The number of rotatable bonds is 5. The molecule has 3 aromatic rings. The molecule has 0 radical (unpaired) electrons. The summed E-state index contributed by atoms with van der Waals surface area (Å²) in [6, 6.07) is 12.5. The lowest BCUT2D eigenvalue weighted by molar-refractivity contribution is -0.136. The molecule has 0 unspecified atom stereocenters. The van der Waals surface area contributed by atoms with Crippen LogP contribution in [0.2, 0.25) is 10.0 Å². The number of pyridine rings is 1. The minimum absolute atomic E-state index is 0.0603. The van der Waals surface area contributed by atoms with E-state index in [9.17, 15) is 23.2 Å². The Hall–Kier alpha value is -3.76. The molecule has 42 heavy (non-hydrogen) atoms. The van der Waals surface area contributed by atoms with E-state index in [1.54, 1.807) is 29.0 Å². The van der Waals surface area contributed by atoms with Gasteiger partial charge < -0.3 is 19.4 Å². The minimum atomic E-state index is -0.646. The SMILES string of the molecule is CN(C(=O)Oc1ccc(F)cc1)[C@@H]1CN(C(=O)C2CCN(C(=O)c3ccc(F)cn3)CC2)C[C@H]1c1ccc(Cl)c(Cl)c1. The van der Waals surface area contributed by atoms with Gasteiger partial charge in [0, 0.05) is 45.1 Å². The predicted octanol–water partition coefficient (Wildman–Crippen LogP) is 5.64. The lowest BCUT2D eigenvalue weighted by Crippen LogP contribution is -2.46. The lowest BCUT2D eigenvalue weighted by atomic mass is 9.93. The first-order valence-corrected chi connectivity index (χ1v) is 14.2. The summed E-state index contributed by atoms with van der Waals surface area (Å²) in [6.07, 6.45) is 1.29. The first-order chi connectivity index (χ1) is 20.1. The highest BCUT2D eigenvalue weighted by Crippen LogP contribution is 2.36. The number of benzene rings is 2. The molecule has 0 spiro atoms. The zero-order valence-electron chi connectivity index (χ0n) is 22.7. The number of piperidine rings is 1. The van der Waals surface area contributed by atoms with E-state index in [0.29, 0.717) is 42.5 Å². The monoisotopic (exact) mass is 616 g/mol. The Morgan fingerprint density at radius 2 is 1.60 bits per heavy atom. The van der Waals surface area contributed by atoms with Crippen molar-refractivity contribution in [3.63, 3.8) is 0 Å². The fourth-order valence-electron chi connectivity index (χ4n) is 5.49. The van der Waals surface area contributed by atoms with Gasteiger partial charge in [-0.05, 0) is 66.9 Å². The molecule has 2 atom stereocenters. The molecule has 2 aliphatic rings. The van der Waals surface area contributed by atoms with Crippen molar-refractivity contribution in [2.45, 2.75) is 24.8 Å². The van der Waals surface area contributed by atoms with Gasteiger partial charge in [0.1, 0.15) is 23.1 Å². The molecule has 8 nitrogen and oxygen atoms in total. The van der Waals surface area contributed by atoms with Gasteiger partial charge in [-0.15, -0.1) is 0 Å². The molecular formula is C30H28Cl2F2N4O4. The maximum Gasteiger partial charge on any atom is 0.415 e. The van der Waals surface area contributed by atoms with Crippen LogP contribution in [-0.4, -0.2) is 76.9 Å². The van der Waals surface area contributed by atoms with Gasteiger partial charge in [0.25, 0.3) is 5.91 Å². The smallest absolute Gasteiger partial charge is 0.410 e. The van der Waals surface area contributed by atoms with Crippen molar-refractivity contribution in [3.8, 4) is 5.75 Å². The summed E-state index contributed by atoms with van der Waals surface area (Å²) in [6.45, 7) is 1.34. The third-order valence-corrected chi connectivity index (χ3v) is 8.59. The van der Waals surface area contributed by atoms with E-state index in [1.165, 1.54) is 41.3 Å². The number of amides is 3. The van der Waals surface area contributed by atoms with E-state index in [2.05, 4.69) is 4.98 Å². The number of hydrogen-bond acceptors (Lipinski definition) is 5. The molecule has 2 saturated heterocycles. The van der Waals surface area contributed by atoms with E-state index in [1.807, 2.05) is 6.07 Å². The number of nitrogens with zero attached hydrogens (tertiary/aromatic N) is 4. The summed E-state index contributed by atoms with van der Waals surface area (Å²) in [7, 11) is 1.60. The van der Waals surface area contributed by atoms with E-state index in [0.717, 1.165) is 11.8 Å². The third-order valence-electron chi connectivity index (χ3n) is 7.85. The van der Waals surface area contributed by atoms with Crippen molar-refractivity contribution in [1.82, 2.24) is 19.7 Å². The Labute approximate surface area is 251 Å². The van der Waals surface area contributed by atoms with Crippen molar-refractivity contribution in [2.75, 3.05) is 33.2 Å². The molecular weight excluding hydrogens is 589 g/mol. The van der Waals surface area contributed by atoms with Gasteiger partial charge in [-0.25, -0.2) is 18.6 Å². The molecule has 5 rings (SSSR count). The maximum atomic E-state index is 13.7. The predicted molar refractivity (Wildman–Crippen MR) is 153 cm³/mol. The topological polar surface area (TPSA) is 83.0 Å². The van der Waals surface area contributed by atoms with Crippen molar-refractivity contribution < 1.29 is 27.9 Å². The number of likely N-dealkylation sites (tertiary alicyclic amines) is 2. The highest BCUT2D eigenvalue weighted by Gasteiger charge is 2.43. The third kappa shape index (κ3) is 6.50. The van der Waals surface area contributed by atoms with Crippen LogP contribution >= 0.6 is 23.2 Å². The zero-order valence-corrected chi connectivity index (χ0v) is 24.2. The molecule has 0 N–H and O–H groups in total. The Balaban J connectivity index is 1.28. The number of carbonyl (C=O) groups excluding carboxylic acids is 3. The summed E-state index contributed by atoms with van der Waals surface area (Å²) in [5.74, 6) is -1.72. The first-order valence-electron chi connectivity index (χ1n) is 13.5. The highest BCUT2D eigenvalue weighted by atomic mass is 35.5. The van der Waals surface area contributed by atoms with Crippen molar-refractivity contribution >= 4 is 41.1 Å². The Bertz CT molecular complexity index is 1470. The van der Waals surface area contributed by atoms with Gasteiger partial charge in [-0.2, -0.15) is 0 Å². The van der Waals surface area contributed by atoms with Crippen LogP contribution < -0.4 is 4.74 Å². The van der Waals surface area contributed by atoms with Crippen LogP contribution in [-0.2, 0) is 4.79 Å². The Morgan fingerprint density at radius 1 is 0.905 bits per heavy atom. The first kappa shape index (κ1) is 29.7. The molecule has 2 aliphatic heterocycles. The second kappa shape index (κ2) is 12.6. The fourth-order valence-corrected chi connectivity index (χ4v) is 5.80. The second-order valence-corrected chi connectivity index (χ2v) is 11.3.